The van der Waals surface area contributed by atoms with E-state index in [1.807, 2.05) is 11.8 Å². The maximum atomic E-state index is 11.6. The highest BCUT2D eigenvalue weighted by molar-refractivity contribution is 7.99. The lowest BCUT2D eigenvalue weighted by Gasteiger charge is -2.22. The SMILES string of the molecule is COCCOCCCC(=O)NC1CCSCC1. The quantitative estimate of drug-likeness (QED) is 0.672. The molecule has 100 valence electrons. The molecule has 0 atom stereocenters. The van der Waals surface area contributed by atoms with Crippen LogP contribution in [0.15, 0.2) is 0 Å². The fourth-order valence-corrected chi connectivity index (χ4v) is 2.83. The minimum atomic E-state index is 0.164. The van der Waals surface area contributed by atoms with Gasteiger partial charge in [0.2, 0.25) is 5.91 Å². The zero-order chi connectivity index (χ0) is 12.3. The molecule has 1 aliphatic heterocycles. The predicted molar refractivity (Wildman–Crippen MR) is 70.4 cm³/mol. The summed E-state index contributed by atoms with van der Waals surface area (Å²) in [6, 6.07) is 0.401. The number of nitrogens with one attached hydrogen (secondary N) is 1. The van der Waals surface area contributed by atoms with Gasteiger partial charge in [0, 0.05) is 26.2 Å². The first-order valence-corrected chi connectivity index (χ1v) is 7.42. The molecule has 1 N–H and O–H groups in total. The van der Waals surface area contributed by atoms with Crippen LogP contribution in [0.4, 0.5) is 0 Å². The molecule has 0 unspecified atom stereocenters. The molecule has 1 saturated heterocycles. The highest BCUT2D eigenvalue weighted by Gasteiger charge is 2.15. The summed E-state index contributed by atoms with van der Waals surface area (Å²) in [6.07, 6.45) is 3.58. The van der Waals surface area contributed by atoms with Gasteiger partial charge in [-0.15, -0.1) is 0 Å². The Morgan fingerprint density at radius 1 is 1.29 bits per heavy atom. The molecular formula is C12H23NO3S. The van der Waals surface area contributed by atoms with E-state index in [1.165, 1.54) is 11.5 Å². The Bertz CT molecular complexity index is 208. The van der Waals surface area contributed by atoms with Gasteiger partial charge in [-0.05, 0) is 30.8 Å². The van der Waals surface area contributed by atoms with Gasteiger partial charge in [-0.25, -0.2) is 0 Å². The van der Waals surface area contributed by atoms with Gasteiger partial charge in [-0.1, -0.05) is 0 Å². The van der Waals surface area contributed by atoms with Crippen LogP contribution >= 0.6 is 11.8 Å². The molecule has 0 aliphatic carbocycles. The van der Waals surface area contributed by atoms with Crippen LogP contribution < -0.4 is 5.32 Å². The van der Waals surface area contributed by atoms with Crippen LogP contribution in [0.3, 0.4) is 0 Å². The van der Waals surface area contributed by atoms with Crippen LogP contribution in [0.1, 0.15) is 25.7 Å². The number of methoxy groups -OCH3 is 1. The number of thioether (sulfide) groups is 1. The molecule has 1 aliphatic rings. The zero-order valence-corrected chi connectivity index (χ0v) is 11.4. The fraction of sp³-hybridized carbons (Fsp3) is 0.917. The molecule has 0 saturated carbocycles. The second kappa shape index (κ2) is 9.74. The first kappa shape index (κ1) is 14.8. The van der Waals surface area contributed by atoms with Crippen molar-refractivity contribution in [1.29, 1.82) is 0 Å². The molecule has 1 fully saturated rings. The number of ether oxygens (including phenoxy) is 2. The fourth-order valence-electron chi connectivity index (χ4n) is 1.72. The smallest absolute Gasteiger partial charge is 0.220 e. The summed E-state index contributed by atoms with van der Waals surface area (Å²) in [6.45, 7) is 1.86. The standard InChI is InChI=1S/C12H23NO3S/c1-15-7-8-16-6-2-3-12(14)13-11-4-9-17-10-5-11/h11H,2-10H2,1H3,(H,13,14). The van der Waals surface area contributed by atoms with Crippen molar-refractivity contribution in [3.8, 4) is 0 Å². The van der Waals surface area contributed by atoms with E-state index in [0.29, 0.717) is 32.3 Å². The maximum Gasteiger partial charge on any atom is 0.220 e. The van der Waals surface area contributed by atoms with Crippen molar-refractivity contribution in [1.82, 2.24) is 5.32 Å². The van der Waals surface area contributed by atoms with E-state index in [0.717, 1.165) is 19.3 Å². The molecule has 17 heavy (non-hydrogen) atoms. The average molecular weight is 261 g/mol. The largest absolute Gasteiger partial charge is 0.382 e. The van der Waals surface area contributed by atoms with Crippen molar-refractivity contribution in [2.45, 2.75) is 31.7 Å². The number of amides is 1. The van der Waals surface area contributed by atoms with E-state index >= 15 is 0 Å². The summed E-state index contributed by atoms with van der Waals surface area (Å²) < 4.78 is 10.2. The number of carbonyl (C=O) groups excluding carboxylic acids is 1. The van der Waals surface area contributed by atoms with Crippen LogP contribution in [0.2, 0.25) is 0 Å². The van der Waals surface area contributed by atoms with Crippen molar-refractivity contribution >= 4 is 17.7 Å². The molecule has 1 heterocycles. The van der Waals surface area contributed by atoms with Gasteiger partial charge in [0.15, 0.2) is 0 Å². The minimum absolute atomic E-state index is 0.164. The highest BCUT2D eigenvalue weighted by atomic mass is 32.2. The molecule has 1 rings (SSSR count). The van der Waals surface area contributed by atoms with Crippen LogP contribution in [0.5, 0.6) is 0 Å². The van der Waals surface area contributed by atoms with Crippen molar-refractivity contribution < 1.29 is 14.3 Å². The van der Waals surface area contributed by atoms with E-state index in [-0.39, 0.29) is 5.91 Å². The number of hydrogen-bond donors (Lipinski definition) is 1. The van der Waals surface area contributed by atoms with Crippen molar-refractivity contribution in [2.75, 3.05) is 38.4 Å². The molecule has 1 amide bonds. The van der Waals surface area contributed by atoms with E-state index < -0.39 is 0 Å². The second-order valence-electron chi connectivity index (χ2n) is 4.16. The summed E-state index contributed by atoms with van der Waals surface area (Å²) in [5, 5.41) is 3.09. The van der Waals surface area contributed by atoms with E-state index in [2.05, 4.69) is 5.32 Å². The Morgan fingerprint density at radius 3 is 2.76 bits per heavy atom. The normalized spacial score (nSPS) is 17.0. The molecule has 4 nitrogen and oxygen atoms in total. The Kier molecular flexibility index (Phi) is 8.48. The van der Waals surface area contributed by atoms with Crippen molar-refractivity contribution in [3.63, 3.8) is 0 Å². The molecule has 0 aromatic rings. The van der Waals surface area contributed by atoms with Gasteiger partial charge >= 0.3 is 0 Å². The minimum Gasteiger partial charge on any atom is -0.382 e. The van der Waals surface area contributed by atoms with Gasteiger partial charge < -0.3 is 14.8 Å². The first-order chi connectivity index (χ1) is 8.33. The second-order valence-corrected chi connectivity index (χ2v) is 5.39. The number of carbonyl (C=O) groups is 1. The zero-order valence-electron chi connectivity index (χ0n) is 10.6. The summed E-state index contributed by atoms with van der Waals surface area (Å²) in [7, 11) is 1.65. The molecule has 0 aromatic carbocycles. The summed E-state index contributed by atoms with van der Waals surface area (Å²) in [4.78, 5) is 11.6. The Hall–Kier alpha value is -0.260. The van der Waals surface area contributed by atoms with Gasteiger partial charge in [0.05, 0.1) is 13.2 Å². The average Bonchev–Trinajstić information content (AvgIpc) is 2.35. The van der Waals surface area contributed by atoms with Gasteiger partial charge in [0.25, 0.3) is 0 Å². The molecule has 0 bridgehead atoms. The lowest BCUT2D eigenvalue weighted by molar-refractivity contribution is -0.122. The molecule has 5 heteroatoms. The lowest BCUT2D eigenvalue weighted by Crippen LogP contribution is -2.37. The van der Waals surface area contributed by atoms with Crippen molar-refractivity contribution in [2.24, 2.45) is 0 Å². The molecule has 0 radical (unpaired) electrons. The van der Waals surface area contributed by atoms with Crippen LogP contribution in [0, 0.1) is 0 Å². The molecular weight excluding hydrogens is 238 g/mol. The third-order valence-corrected chi connectivity index (χ3v) is 3.76. The highest BCUT2D eigenvalue weighted by Crippen LogP contribution is 2.16. The third kappa shape index (κ3) is 7.63. The third-order valence-electron chi connectivity index (χ3n) is 2.71. The number of hydrogen-bond acceptors (Lipinski definition) is 4. The Morgan fingerprint density at radius 2 is 2.06 bits per heavy atom. The summed E-state index contributed by atoms with van der Waals surface area (Å²) >= 11 is 1.97. The van der Waals surface area contributed by atoms with Gasteiger partial charge in [-0.2, -0.15) is 11.8 Å². The van der Waals surface area contributed by atoms with Crippen LogP contribution in [0.25, 0.3) is 0 Å². The molecule has 0 aromatic heterocycles. The van der Waals surface area contributed by atoms with Gasteiger partial charge in [-0.3, -0.25) is 4.79 Å². The predicted octanol–water partition coefficient (Wildman–Crippen LogP) is 1.44. The van der Waals surface area contributed by atoms with E-state index in [1.54, 1.807) is 7.11 Å². The van der Waals surface area contributed by atoms with Gasteiger partial charge in [0.1, 0.15) is 0 Å². The first-order valence-electron chi connectivity index (χ1n) is 6.26. The number of rotatable bonds is 8. The molecule has 0 spiro atoms. The van der Waals surface area contributed by atoms with E-state index in [4.69, 9.17) is 9.47 Å². The Balaban J connectivity index is 1.93. The van der Waals surface area contributed by atoms with Crippen molar-refractivity contribution in [3.05, 3.63) is 0 Å². The monoisotopic (exact) mass is 261 g/mol. The van der Waals surface area contributed by atoms with Crippen LogP contribution in [-0.4, -0.2) is 50.4 Å². The Labute approximate surface area is 108 Å². The maximum absolute atomic E-state index is 11.6. The summed E-state index contributed by atoms with van der Waals surface area (Å²) in [5.41, 5.74) is 0. The van der Waals surface area contributed by atoms with Crippen LogP contribution in [-0.2, 0) is 14.3 Å². The van der Waals surface area contributed by atoms with E-state index in [9.17, 15) is 4.79 Å². The lowest BCUT2D eigenvalue weighted by atomic mass is 10.1. The summed E-state index contributed by atoms with van der Waals surface area (Å²) in [5.74, 6) is 2.51. The topological polar surface area (TPSA) is 47.6 Å².